The molecule has 0 saturated heterocycles. The van der Waals surface area contributed by atoms with E-state index in [0.717, 1.165) is 18.1 Å². The van der Waals surface area contributed by atoms with Crippen LogP contribution in [0.5, 0.6) is 0 Å². The third-order valence-corrected chi connectivity index (χ3v) is 4.63. The van der Waals surface area contributed by atoms with Crippen molar-refractivity contribution in [2.45, 2.75) is 45.1 Å². The van der Waals surface area contributed by atoms with E-state index in [1.54, 1.807) is 0 Å². The molecule has 1 saturated carbocycles. The van der Waals surface area contributed by atoms with Gasteiger partial charge in [-0.1, -0.05) is 43.5 Å². The van der Waals surface area contributed by atoms with Gasteiger partial charge < -0.3 is 4.90 Å². The van der Waals surface area contributed by atoms with Crippen molar-refractivity contribution in [3.63, 3.8) is 0 Å². The molecule has 0 aliphatic heterocycles. The number of aryl methyl sites for hydroxylation is 1. The van der Waals surface area contributed by atoms with Crippen LogP contribution in [0.1, 0.15) is 37.8 Å². The zero-order chi connectivity index (χ0) is 14.7. The van der Waals surface area contributed by atoms with Gasteiger partial charge in [-0.2, -0.15) is 5.10 Å². The summed E-state index contributed by atoms with van der Waals surface area (Å²) in [6.07, 6.45) is 6.44. The summed E-state index contributed by atoms with van der Waals surface area (Å²) in [5.41, 5.74) is 0.990. The fraction of sp³-hybridized carbons (Fsp3) is 0.529. The van der Waals surface area contributed by atoms with Gasteiger partial charge in [-0.25, -0.2) is 0 Å². The summed E-state index contributed by atoms with van der Waals surface area (Å²) in [6.45, 7) is 2.86. The first kappa shape index (κ1) is 14.6. The van der Waals surface area contributed by atoms with E-state index in [4.69, 9.17) is 11.6 Å². The highest BCUT2D eigenvalue weighted by molar-refractivity contribution is 6.18. The summed E-state index contributed by atoms with van der Waals surface area (Å²) in [7, 11) is 0. The predicted molar refractivity (Wildman–Crippen MR) is 89.2 cm³/mol. The molecular formula is C17H22ClN3. The molecule has 4 heteroatoms. The Morgan fingerprint density at radius 3 is 2.52 bits per heavy atom. The maximum Gasteiger partial charge on any atom is 0.159 e. The van der Waals surface area contributed by atoms with Gasteiger partial charge in [-0.15, -0.1) is 16.7 Å². The summed E-state index contributed by atoms with van der Waals surface area (Å²) >= 11 is 6.06. The molecule has 0 bridgehead atoms. The predicted octanol–water partition coefficient (Wildman–Crippen LogP) is 4.32. The second kappa shape index (κ2) is 6.61. The molecule has 1 aromatic heterocycles. The van der Waals surface area contributed by atoms with E-state index < -0.39 is 0 Å². The largest absolute Gasteiger partial charge is 0.350 e. The first-order valence-corrected chi connectivity index (χ1v) is 8.39. The van der Waals surface area contributed by atoms with E-state index >= 15 is 0 Å². The van der Waals surface area contributed by atoms with Crippen molar-refractivity contribution in [3.05, 3.63) is 30.0 Å². The van der Waals surface area contributed by atoms with E-state index in [2.05, 4.69) is 39.4 Å². The number of fused-ring (bicyclic) bond motifs is 1. The van der Waals surface area contributed by atoms with Crippen LogP contribution in [-0.2, 0) is 0 Å². The first-order valence-electron chi connectivity index (χ1n) is 7.86. The molecule has 0 N–H and O–H groups in total. The molecule has 0 atom stereocenters. The Bertz CT molecular complexity index is 608. The molecule has 1 heterocycles. The summed E-state index contributed by atoms with van der Waals surface area (Å²) < 4.78 is 0. The minimum Gasteiger partial charge on any atom is -0.350 e. The van der Waals surface area contributed by atoms with Crippen molar-refractivity contribution in [3.8, 4) is 0 Å². The maximum atomic E-state index is 6.06. The third-order valence-electron chi connectivity index (χ3n) is 4.47. The first-order chi connectivity index (χ1) is 10.3. The molecule has 0 unspecified atom stereocenters. The molecular weight excluding hydrogens is 282 g/mol. The Morgan fingerprint density at radius 1 is 1.10 bits per heavy atom. The highest BCUT2D eigenvalue weighted by Gasteiger charge is 2.24. The van der Waals surface area contributed by atoms with Gasteiger partial charge in [0.2, 0.25) is 0 Å². The number of hydrogen-bond donors (Lipinski definition) is 0. The number of rotatable bonds is 4. The van der Waals surface area contributed by atoms with Gasteiger partial charge in [0.15, 0.2) is 5.82 Å². The number of alkyl halides is 1. The fourth-order valence-electron chi connectivity index (χ4n) is 3.38. The van der Waals surface area contributed by atoms with Gasteiger partial charge in [0.1, 0.15) is 0 Å². The van der Waals surface area contributed by atoms with Crippen molar-refractivity contribution in [1.29, 1.82) is 0 Å². The van der Waals surface area contributed by atoms with Gasteiger partial charge in [-0.3, -0.25) is 0 Å². The van der Waals surface area contributed by atoms with Crippen LogP contribution >= 0.6 is 11.6 Å². The molecule has 2 aromatic rings. The van der Waals surface area contributed by atoms with Crippen molar-refractivity contribution in [1.82, 2.24) is 10.2 Å². The Hall–Kier alpha value is -1.35. The molecule has 21 heavy (non-hydrogen) atoms. The highest BCUT2D eigenvalue weighted by atomic mass is 35.5. The van der Waals surface area contributed by atoms with Crippen molar-refractivity contribution >= 4 is 28.2 Å². The molecule has 1 aliphatic rings. The van der Waals surface area contributed by atoms with Crippen LogP contribution < -0.4 is 4.90 Å². The SMILES string of the molecule is Cc1nnc(N(CCCl)C2CCCCC2)c2ccccc12. The normalized spacial score (nSPS) is 16.3. The van der Waals surface area contributed by atoms with E-state index in [1.807, 2.05) is 6.92 Å². The van der Waals surface area contributed by atoms with Crippen LogP contribution in [0.3, 0.4) is 0 Å². The summed E-state index contributed by atoms with van der Waals surface area (Å²) in [4.78, 5) is 2.39. The minimum absolute atomic E-state index is 0.554. The van der Waals surface area contributed by atoms with Crippen LogP contribution in [0.2, 0.25) is 0 Å². The summed E-state index contributed by atoms with van der Waals surface area (Å²) in [5, 5.41) is 11.3. The van der Waals surface area contributed by atoms with Crippen molar-refractivity contribution in [2.24, 2.45) is 0 Å². The molecule has 1 aliphatic carbocycles. The van der Waals surface area contributed by atoms with Gasteiger partial charge in [0.25, 0.3) is 0 Å². The Morgan fingerprint density at radius 2 is 1.81 bits per heavy atom. The molecule has 0 radical (unpaired) electrons. The monoisotopic (exact) mass is 303 g/mol. The maximum absolute atomic E-state index is 6.06. The van der Waals surface area contributed by atoms with Crippen LogP contribution in [-0.4, -0.2) is 28.7 Å². The van der Waals surface area contributed by atoms with E-state index in [0.29, 0.717) is 11.9 Å². The number of aromatic nitrogens is 2. The smallest absolute Gasteiger partial charge is 0.159 e. The summed E-state index contributed by atoms with van der Waals surface area (Å²) in [5.74, 6) is 1.63. The standard InChI is InChI=1S/C17H22ClN3/c1-13-15-9-5-6-10-16(15)17(20-19-13)21(12-11-18)14-7-3-2-4-8-14/h5-6,9-10,14H,2-4,7-8,11-12H2,1H3. The molecule has 0 spiro atoms. The van der Waals surface area contributed by atoms with Gasteiger partial charge in [-0.05, 0) is 19.8 Å². The lowest BCUT2D eigenvalue weighted by molar-refractivity contribution is 0.416. The third kappa shape index (κ3) is 2.98. The number of nitrogens with zero attached hydrogens (tertiary/aromatic N) is 3. The lowest BCUT2D eigenvalue weighted by Crippen LogP contribution is -2.39. The number of anilines is 1. The van der Waals surface area contributed by atoms with Crippen LogP contribution in [0.15, 0.2) is 24.3 Å². The zero-order valence-corrected chi connectivity index (χ0v) is 13.3. The molecule has 3 rings (SSSR count). The second-order valence-electron chi connectivity index (χ2n) is 5.83. The highest BCUT2D eigenvalue weighted by Crippen LogP contribution is 2.31. The minimum atomic E-state index is 0.554. The lowest BCUT2D eigenvalue weighted by Gasteiger charge is -2.35. The average Bonchev–Trinajstić information content (AvgIpc) is 2.55. The zero-order valence-electron chi connectivity index (χ0n) is 12.6. The van der Waals surface area contributed by atoms with Gasteiger partial charge in [0.05, 0.1) is 5.69 Å². The van der Waals surface area contributed by atoms with E-state index in [9.17, 15) is 0 Å². The van der Waals surface area contributed by atoms with Crippen molar-refractivity contribution < 1.29 is 0 Å². The molecule has 1 aromatic carbocycles. The van der Waals surface area contributed by atoms with E-state index in [1.165, 1.54) is 42.9 Å². The lowest BCUT2D eigenvalue weighted by atomic mass is 9.94. The van der Waals surface area contributed by atoms with Gasteiger partial charge >= 0.3 is 0 Å². The summed E-state index contributed by atoms with van der Waals surface area (Å²) in [6, 6.07) is 8.97. The quantitative estimate of drug-likeness (QED) is 0.788. The Labute approximate surface area is 131 Å². The fourth-order valence-corrected chi connectivity index (χ4v) is 3.56. The van der Waals surface area contributed by atoms with Crippen LogP contribution in [0, 0.1) is 6.92 Å². The average molecular weight is 304 g/mol. The van der Waals surface area contributed by atoms with E-state index in [-0.39, 0.29) is 0 Å². The number of hydrogen-bond acceptors (Lipinski definition) is 3. The Kier molecular flexibility index (Phi) is 4.59. The van der Waals surface area contributed by atoms with Crippen LogP contribution in [0.4, 0.5) is 5.82 Å². The van der Waals surface area contributed by atoms with Crippen LogP contribution in [0.25, 0.3) is 10.8 Å². The Balaban J connectivity index is 2.04. The number of halogens is 1. The molecule has 0 amide bonds. The molecule has 1 fully saturated rings. The second-order valence-corrected chi connectivity index (χ2v) is 6.21. The van der Waals surface area contributed by atoms with Gasteiger partial charge in [0, 0.05) is 29.2 Å². The van der Waals surface area contributed by atoms with Crippen molar-refractivity contribution in [2.75, 3.05) is 17.3 Å². The topological polar surface area (TPSA) is 29.0 Å². The molecule has 3 nitrogen and oxygen atoms in total. The molecule has 112 valence electrons. The number of benzene rings is 1.